The second kappa shape index (κ2) is 4.58. The number of methoxy groups -OCH3 is 1. The van der Waals surface area contributed by atoms with Gasteiger partial charge in [0.05, 0.1) is 18.4 Å². The normalized spacial score (nSPS) is 10.2. The zero-order valence-electron chi connectivity index (χ0n) is 11.1. The van der Waals surface area contributed by atoms with E-state index in [1.165, 1.54) is 5.56 Å². The lowest BCUT2D eigenvalue weighted by Crippen LogP contribution is -1.93. The van der Waals surface area contributed by atoms with E-state index in [9.17, 15) is 0 Å². The molecule has 0 aliphatic carbocycles. The van der Waals surface area contributed by atoms with E-state index < -0.39 is 0 Å². The second-order valence-electron chi connectivity index (χ2n) is 4.50. The van der Waals surface area contributed by atoms with Gasteiger partial charge in [-0.2, -0.15) is 5.26 Å². The zero-order valence-corrected chi connectivity index (χ0v) is 11.1. The van der Waals surface area contributed by atoms with Crippen molar-refractivity contribution < 1.29 is 4.74 Å². The Morgan fingerprint density at radius 3 is 2.44 bits per heavy atom. The maximum atomic E-state index is 9.01. The third kappa shape index (κ3) is 1.98. The van der Waals surface area contributed by atoms with E-state index in [4.69, 9.17) is 10.00 Å². The minimum Gasteiger partial charge on any atom is -0.496 e. The van der Waals surface area contributed by atoms with Crippen molar-refractivity contribution in [3.8, 4) is 23.1 Å². The summed E-state index contributed by atoms with van der Waals surface area (Å²) >= 11 is 0. The number of benzene rings is 1. The highest BCUT2D eigenvalue weighted by Crippen LogP contribution is 2.34. The molecule has 2 rings (SSSR count). The van der Waals surface area contributed by atoms with Crippen LogP contribution in [0.4, 0.5) is 0 Å². The largest absolute Gasteiger partial charge is 0.496 e. The highest BCUT2D eigenvalue weighted by molar-refractivity contribution is 5.72. The minimum atomic E-state index is 0.672. The number of hydrogen-bond acceptors (Lipinski definition) is 2. The zero-order chi connectivity index (χ0) is 13.3. The summed E-state index contributed by atoms with van der Waals surface area (Å²) in [5.74, 6) is 0.853. The highest BCUT2D eigenvalue weighted by atomic mass is 16.5. The third-order valence-corrected chi connectivity index (χ3v) is 3.05. The second-order valence-corrected chi connectivity index (χ2v) is 4.50. The first-order valence-electron chi connectivity index (χ1n) is 5.82. The summed E-state index contributed by atoms with van der Waals surface area (Å²) in [6.45, 7) is 5.98. The molecule has 2 aromatic rings. The first-order chi connectivity index (χ1) is 8.56. The molecule has 0 aliphatic heterocycles. The smallest absolute Gasteiger partial charge is 0.131 e. The molecule has 1 aromatic carbocycles. The lowest BCUT2D eigenvalue weighted by molar-refractivity contribution is 0.413. The van der Waals surface area contributed by atoms with Crippen LogP contribution in [0.5, 0.6) is 5.75 Å². The van der Waals surface area contributed by atoms with Gasteiger partial charge in [-0.25, -0.2) is 0 Å². The number of ether oxygens (including phenoxy) is 1. The third-order valence-electron chi connectivity index (χ3n) is 3.05. The summed E-state index contributed by atoms with van der Waals surface area (Å²) in [7, 11) is 1.67. The van der Waals surface area contributed by atoms with Gasteiger partial charge in [-0.15, -0.1) is 0 Å². The summed E-state index contributed by atoms with van der Waals surface area (Å²) in [5, 5.41) is 9.01. The van der Waals surface area contributed by atoms with E-state index in [1.807, 2.05) is 19.9 Å². The Kier molecular flexibility index (Phi) is 3.12. The number of aryl methyl sites for hydroxylation is 3. The number of nitriles is 1. The quantitative estimate of drug-likeness (QED) is 0.873. The minimum absolute atomic E-state index is 0.672. The fraction of sp³-hybridized carbons (Fsp3) is 0.267. The number of nitrogens with zero attached hydrogens (tertiary/aromatic N) is 1. The summed E-state index contributed by atoms with van der Waals surface area (Å²) in [6.07, 6.45) is 0. The number of H-pyrrole nitrogens is 1. The van der Waals surface area contributed by atoms with Crippen LogP contribution >= 0.6 is 0 Å². The number of nitrogens with one attached hydrogen (secondary N) is 1. The maximum Gasteiger partial charge on any atom is 0.131 e. The fourth-order valence-electron chi connectivity index (χ4n) is 2.24. The molecule has 0 bridgehead atoms. The average molecular weight is 240 g/mol. The Labute approximate surface area is 107 Å². The SMILES string of the molecule is COc1c(C)cc(C)cc1-c1cc(C#N)c(C)[nH]1. The van der Waals surface area contributed by atoms with Gasteiger partial charge in [-0.05, 0) is 44.0 Å². The van der Waals surface area contributed by atoms with Crippen LogP contribution in [0.15, 0.2) is 18.2 Å². The molecule has 0 saturated carbocycles. The molecule has 1 heterocycles. The summed E-state index contributed by atoms with van der Waals surface area (Å²) in [5.41, 5.74) is 5.75. The molecule has 0 atom stereocenters. The van der Waals surface area contributed by atoms with Crippen LogP contribution in [0.2, 0.25) is 0 Å². The Morgan fingerprint density at radius 1 is 1.17 bits per heavy atom. The van der Waals surface area contributed by atoms with E-state index in [1.54, 1.807) is 7.11 Å². The Hall–Kier alpha value is -2.21. The van der Waals surface area contributed by atoms with Crippen molar-refractivity contribution in [3.05, 3.63) is 40.6 Å². The maximum absolute atomic E-state index is 9.01. The Morgan fingerprint density at radius 2 is 1.89 bits per heavy atom. The van der Waals surface area contributed by atoms with E-state index in [0.29, 0.717) is 5.56 Å². The van der Waals surface area contributed by atoms with Crippen molar-refractivity contribution in [3.63, 3.8) is 0 Å². The molecule has 0 radical (unpaired) electrons. The topological polar surface area (TPSA) is 48.8 Å². The van der Waals surface area contributed by atoms with E-state index in [-0.39, 0.29) is 0 Å². The van der Waals surface area contributed by atoms with Crippen LogP contribution in [-0.4, -0.2) is 12.1 Å². The molecular weight excluding hydrogens is 224 g/mol. The van der Waals surface area contributed by atoms with Crippen molar-refractivity contribution >= 4 is 0 Å². The van der Waals surface area contributed by atoms with Crippen molar-refractivity contribution in [2.75, 3.05) is 7.11 Å². The van der Waals surface area contributed by atoms with Gasteiger partial charge in [0.1, 0.15) is 11.8 Å². The number of rotatable bonds is 2. The number of aromatic nitrogens is 1. The van der Waals surface area contributed by atoms with Crippen molar-refractivity contribution in [2.45, 2.75) is 20.8 Å². The predicted molar refractivity (Wildman–Crippen MR) is 71.7 cm³/mol. The van der Waals surface area contributed by atoms with Gasteiger partial charge < -0.3 is 9.72 Å². The van der Waals surface area contributed by atoms with Crippen LogP contribution in [0.3, 0.4) is 0 Å². The summed E-state index contributed by atoms with van der Waals surface area (Å²) in [6, 6.07) is 8.20. The van der Waals surface area contributed by atoms with E-state index in [0.717, 1.165) is 28.3 Å². The van der Waals surface area contributed by atoms with Gasteiger partial charge in [0, 0.05) is 11.3 Å². The first-order valence-corrected chi connectivity index (χ1v) is 5.82. The molecule has 0 fully saturated rings. The van der Waals surface area contributed by atoms with Gasteiger partial charge in [-0.3, -0.25) is 0 Å². The van der Waals surface area contributed by atoms with Crippen LogP contribution in [0, 0.1) is 32.1 Å². The lowest BCUT2D eigenvalue weighted by atomic mass is 10.0. The summed E-state index contributed by atoms with van der Waals surface area (Å²) < 4.78 is 5.47. The summed E-state index contributed by atoms with van der Waals surface area (Å²) in [4.78, 5) is 3.24. The molecule has 3 heteroatoms. The van der Waals surface area contributed by atoms with Crippen LogP contribution in [0.25, 0.3) is 11.3 Å². The van der Waals surface area contributed by atoms with Gasteiger partial charge >= 0.3 is 0 Å². The van der Waals surface area contributed by atoms with Crippen LogP contribution in [0.1, 0.15) is 22.4 Å². The molecule has 92 valence electrons. The highest BCUT2D eigenvalue weighted by Gasteiger charge is 2.13. The molecule has 0 spiro atoms. The van der Waals surface area contributed by atoms with Crippen LogP contribution < -0.4 is 4.74 Å². The van der Waals surface area contributed by atoms with Crippen molar-refractivity contribution in [1.29, 1.82) is 5.26 Å². The van der Waals surface area contributed by atoms with Crippen LogP contribution in [-0.2, 0) is 0 Å². The Bertz CT molecular complexity index is 633. The molecule has 0 saturated heterocycles. The lowest BCUT2D eigenvalue weighted by Gasteiger charge is -2.11. The fourth-order valence-corrected chi connectivity index (χ4v) is 2.24. The average Bonchev–Trinajstić information content (AvgIpc) is 2.69. The molecular formula is C15H16N2O. The molecule has 0 aliphatic rings. The molecule has 1 N–H and O–H groups in total. The number of aromatic amines is 1. The monoisotopic (exact) mass is 240 g/mol. The van der Waals surface area contributed by atoms with Gasteiger partial charge in [0.2, 0.25) is 0 Å². The van der Waals surface area contributed by atoms with Gasteiger partial charge in [-0.1, -0.05) is 6.07 Å². The molecule has 0 amide bonds. The van der Waals surface area contributed by atoms with Gasteiger partial charge in [0.15, 0.2) is 0 Å². The van der Waals surface area contributed by atoms with Gasteiger partial charge in [0.25, 0.3) is 0 Å². The van der Waals surface area contributed by atoms with E-state index in [2.05, 4.69) is 30.1 Å². The molecule has 18 heavy (non-hydrogen) atoms. The van der Waals surface area contributed by atoms with E-state index >= 15 is 0 Å². The molecule has 0 unspecified atom stereocenters. The first kappa shape index (κ1) is 12.3. The van der Waals surface area contributed by atoms with Crippen molar-refractivity contribution in [2.24, 2.45) is 0 Å². The predicted octanol–water partition coefficient (Wildman–Crippen LogP) is 3.49. The standard InChI is InChI=1S/C15H16N2O/c1-9-5-10(2)15(18-4)13(6-9)14-7-12(8-16)11(3)17-14/h5-7,17H,1-4H3. The Balaban J connectivity index is 2.66. The molecule has 3 nitrogen and oxygen atoms in total. The molecule has 1 aromatic heterocycles. The van der Waals surface area contributed by atoms with Crippen molar-refractivity contribution in [1.82, 2.24) is 4.98 Å². The number of hydrogen-bond donors (Lipinski definition) is 1.